The van der Waals surface area contributed by atoms with Crippen molar-refractivity contribution in [2.75, 3.05) is 13.1 Å². The molecule has 6 heteroatoms. The van der Waals surface area contributed by atoms with Crippen LogP contribution in [0, 0.1) is 11.7 Å². The molecule has 22 heavy (non-hydrogen) atoms. The van der Waals surface area contributed by atoms with Crippen molar-refractivity contribution in [2.24, 2.45) is 5.92 Å². The molecule has 1 saturated heterocycles. The van der Waals surface area contributed by atoms with Crippen molar-refractivity contribution in [3.05, 3.63) is 29.8 Å². The molecule has 2 atom stereocenters. The summed E-state index contributed by atoms with van der Waals surface area (Å²) in [6.45, 7) is 5.18. The van der Waals surface area contributed by atoms with E-state index in [-0.39, 0.29) is 11.4 Å². The molecule has 5 nitrogen and oxygen atoms in total. The normalized spacial score (nSPS) is 20.5. The summed E-state index contributed by atoms with van der Waals surface area (Å²) in [5, 5.41) is 16.3. The number of nitrogens with one attached hydrogen (secondary N) is 2. The first-order valence-electron chi connectivity index (χ1n) is 7.66. The molecular weight excluding hydrogens is 285 g/mol. The van der Waals surface area contributed by atoms with Gasteiger partial charge in [0.1, 0.15) is 5.82 Å². The van der Waals surface area contributed by atoms with Crippen molar-refractivity contribution in [1.29, 1.82) is 0 Å². The number of amides is 1. The van der Waals surface area contributed by atoms with Gasteiger partial charge >= 0.3 is 0 Å². The van der Waals surface area contributed by atoms with Crippen molar-refractivity contribution >= 4 is 5.91 Å². The maximum Gasteiger partial charge on any atom is 0.220 e. The van der Waals surface area contributed by atoms with Gasteiger partial charge in [-0.3, -0.25) is 9.78 Å². The molecule has 1 fully saturated rings. The molecule has 0 saturated carbocycles. The Labute approximate surface area is 130 Å². The smallest absolute Gasteiger partial charge is 0.220 e. The van der Waals surface area contributed by atoms with Gasteiger partial charge in [-0.2, -0.15) is 0 Å². The number of β-amino-alcohol motifs (C(OH)–C–C–N with tert-alkyl or cyclic N) is 1. The number of aliphatic hydroxyl groups is 1. The van der Waals surface area contributed by atoms with Gasteiger partial charge in [-0.05, 0) is 38.7 Å². The van der Waals surface area contributed by atoms with E-state index in [0.717, 1.165) is 19.0 Å². The third-order valence-electron chi connectivity index (χ3n) is 4.05. The van der Waals surface area contributed by atoms with Crippen LogP contribution in [0.4, 0.5) is 4.39 Å². The topological polar surface area (TPSA) is 74.2 Å². The lowest BCUT2D eigenvalue weighted by Crippen LogP contribution is -2.46. The van der Waals surface area contributed by atoms with Gasteiger partial charge in [-0.25, -0.2) is 4.39 Å². The fourth-order valence-electron chi connectivity index (χ4n) is 2.85. The van der Waals surface area contributed by atoms with Gasteiger partial charge in [0.2, 0.25) is 5.91 Å². The molecular formula is C16H24FN3O2. The number of aromatic nitrogens is 1. The molecule has 2 rings (SSSR count). The summed E-state index contributed by atoms with van der Waals surface area (Å²) < 4.78 is 13.1. The minimum atomic E-state index is -0.798. The molecule has 0 aliphatic carbocycles. The Morgan fingerprint density at radius 2 is 2.32 bits per heavy atom. The van der Waals surface area contributed by atoms with E-state index < -0.39 is 11.9 Å². The number of hydrogen-bond donors (Lipinski definition) is 3. The van der Waals surface area contributed by atoms with Crippen LogP contribution in [0.3, 0.4) is 0 Å². The summed E-state index contributed by atoms with van der Waals surface area (Å²) in [5.74, 6) is 0.109. The zero-order valence-electron chi connectivity index (χ0n) is 13.1. The molecule has 0 aromatic carbocycles. The predicted octanol–water partition coefficient (Wildman–Crippen LogP) is 1.54. The van der Waals surface area contributed by atoms with Crippen LogP contribution < -0.4 is 10.6 Å². The van der Waals surface area contributed by atoms with Crippen molar-refractivity contribution in [2.45, 2.75) is 44.8 Å². The lowest BCUT2D eigenvalue weighted by Gasteiger charge is -2.33. The van der Waals surface area contributed by atoms with Crippen LogP contribution in [0.2, 0.25) is 0 Å². The number of aliphatic hydroxyl groups excluding tert-OH is 1. The quantitative estimate of drug-likeness (QED) is 0.745. The Bertz CT molecular complexity index is 512. The zero-order chi connectivity index (χ0) is 16.2. The lowest BCUT2D eigenvalue weighted by molar-refractivity contribution is -0.123. The number of carbonyl (C=O) groups is 1. The lowest BCUT2D eigenvalue weighted by atomic mass is 9.85. The van der Waals surface area contributed by atoms with E-state index in [4.69, 9.17) is 0 Å². The standard InChI is InChI=1S/C16H24FN3O2/c1-16(2,6-11-3-4-15(22)19-7-11)20-10-14(21)12-5-13(17)9-18-8-12/h5,8-9,11,14,20-21H,3-4,6-7,10H2,1-2H3,(H,19,22)/t11-,14-/m0/s1. The third-order valence-corrected chi connectivity index (χ3v) is 4.05. The molecule has 1 aromatic rings. The molecule has 0 bridgehead atoms. The van der Waals surface area contributed by atoms with Crippen LogP contribution in [-0.4, -0.2) is 34.6 Å². The number of halogens is 1. The van der Waals surface area contributed by atoms with Crippen molar-refractivity contribution in [1.82, 2.24) is 15.6 Å². The van der Waals surface area contributed by atoms with Gasteiger partial charge in [0.05, 0.1) is 12.3 Å². The third kappa shape index (κ3) is 5.03. The second kappa shape index (κ2) is 7.15. The fraction of sp³-hybridized carbons (Fsp3) is 0.625. The summed E-state index contributed by atoms with van der Waals surface area (Å²) in [4.78, 5) is 14.9. The number of rotatable bonds is 6. The van der Waals surface area contributed by atoms with Gasteiger partial charge in [0.25, 0.3) is 0 Å². The average molecular weight is 309 g/mol. The van der Waals surface area contributed by atoms with E-state index in [9.17, 15) is 14.3 Å². The van der Waals surface area contributed by atoms with Crippen LogP contribution in [-0.2, 0) is 4.79 Å². The van der Waals surface area contributed by atoms with Gasteiger partial charge in [-0.1, -0.05) is 0 Å². The molecule has 1 aromatic heterocycles. The Kier molecular flexibility index (Phi) is 5.47. The number of nitrogens with zero attached hydrogens (tertiary/aromatic N) is 1. The number of carbonyl (C=O) groups excluding carboxylic acids is 1. The first-order valence-corrected chi connectivity index (χ1v) is 7.66. The number of pyridine rings is 1. The monoisotopic (exact) mass is 309 g/mol. The Morgan fingerprint density at radius 1 is 1.55 bits per heavy atom. The van der Waals surface area contributed by atoms with Crippen molar-refractivity contribution in [3.63, 3.8) is 0 Å². The summed E-state index contributed by atoms with van der Waals surface area (Å²) in [6, 6.07) is 1.29. The van der Waals surface area contributed by atoms with E-state index in [0.29, 0.717) is 31.0 Å². The SMILES string of the molecule is CC(C)(C[C@@H]1CCC(=O)NC1)NC[C@H](O)c1cncc(F)c1. The van der Waals surface area contributed by atoms with Gasteiger partial charge in [0, 0.05) is 36.8 Å². The predicted molar refractivity (Wildman–Crippen MR) is 81.6 cm³/mol. The molecule has 1 amide bonds. The summed E-state index contributed by atoms with van der Waals surface area (Å²) in [5.41, 5.74) is 0.294. The maximum atomic E-state index is 13.1. The first-order chi connectivity index (χ1) is 10.4. The van der Waals surface area contributed by atoms with E-state index in [1.807, 2.05) is 0 Å². The zero-order valence-corrected chi connectivity index (χ0v) is 13.1. The van der Waals surface area contributed by atoms with Crippen molar-refractivity contribution in [3.8, 4) is 0 Å². The Balaban J connectivity index is 1.82. The Morgan fingerprint density at radius 3 is 2.95 bits per heavy atom. The van der Waals surface area contributed by atoms with E-state index in [1.54, 1.807) is 0 Å². The molecule has 1 aliphatic rings. The summed E-state index contributed by atoms with van der Waals surface area (Å²) in [7, 11) is 0. The second-order valence-electron chi connectivity index (χ2n) is 6.63. The average Bonchev–Trinajstić information content (AvgIpc) is 2.47. The van der Waals surface area contributed by atoms with Gasteiger partial charge in [-0.15, -0.1) is 0 Å². The van der Waals surface area contributed by atoms with Gasteiger partial charge in [0.15, 0.2) is 0 Å². The molecule has 0 unspecified atom stereocenters. The van der Waals surface area contributed by atoms with Crippen LogP contribution in [0.1, 0.15) is 44.8 Å². The molecule has 122 valence electrons. The highest BCUT2D eigenvalue weighted by molar-refractivity contribution is 5.76. The maximum absolute atomic E-state index is 13.1. The highest BCUT2D eigenvalue weighted by Gasteiger charge is 2.26. The largest absolute Gasteiger partial charge is 0.387 e. The molecule has 2 heterocycles. The molecule has 3 N–H and O–H groups in total. The van der Waals surface area contributed by atoms with E-state index >= 15 is 0 Å². The fourth-order valence-corrected chi connectivity index (χ4v) is 2.85. The Hall–Kier alpha value is -1.53. The van der Waals surface area contributed by atoms with E-state index in [2.05, 4.69) is 29.5 Å². The number of piperidine rings is 1. The molecule has 0 spiro atoms. The van der Waals surface area contributed by atoms with Crippen LogP contribution >= 0.6 is 0 Å². The first kappa shape index (κ1) is 16.8. The highest BCUT2D eigenvalue weighted by atomic mass is 19.1. The molecule has 0 radical (unpaired) electrons. The van der Waals surface area contributed by atoms with Crippen LogP contribution in [0.5, 0.6) is 0 Å². The van der Waals surface area contributed by atoms with Gasteiger partial charge < -0.3 is 15.7 Å². The summed E-state index contributed by atoms with van der Waals surface area (Å²) >= 11 is 0. The minimum Gasteiger partial charge on any atom is -0.387 e. The number of hydrogen-bond acceptors (Lipinski definition) is 4. The summed E-state index contributed by atoms with van der Waals surface area (Å²) in [6.07, 6.45) is 4.17. The van der Waals surface area contributed by atoms with E-state index in [1.165, 1.54) is 12.3 Å². The second-order valence-corrected chi connectivity index (χ2v) is 6.63. The molecule has 1 aliphatic heterocycles. The van der Waals surface area contributed by atoms with Crippen molar-refractivity contribution < 1.29 is 14.3 Å². The highest BCUT2D eigenvalue weighted by Crippen LogP contribution is 2.23. The minimum absolute atomic E-state index is 0.121. The van der Waals surface area contributed by atoms with Crippen LogP contribution in [0.25, 0.3) is 0 Å². The van der Waals surface area contributed by atoms with Crippen LogP contribution in [0.15, 0.2) is 18.5 Å².